The van der Waals surface area contributed by atoms with E-state index in [0.717, 1.165) is 11.3 Å². The van der Waals surface area contributed by atoms with Crippen LogP contribution in [0.5, 0.6) is 0 Å². The molecule has 144 valence electrons. The Morgan fingerprint density at radius 2 is 1.61 bits per heavy atom. The Kier molecular flexibility index (Phi) is 3.79. The molecule has 0 aromatic heterocycles. The molecule has 7 unspecified atom stereocenters. The Labute approximate surface area is 162 Å². The van der Waals surface area contributed by atoms with Crippen molar-refractivity contribution >= 4 is 23.6 Å². The Morgan fingerprint density at radius 3 is 2.18 bits per heavy atom. The van der Waals surface area contributed by atoms with Crippen molar-refractivity contribution in [2.24, 2.45) is 35.5 Å². The standard InChI is InChI=1S/C22H21NO5/c1-11(22(27)28-10-17(24)12-5-3-2-4-6-12)23-20(25)18-13-7-8-14(16-9-15(13)16)19(18)21(23)26/h2-8,11,13-16,18-19H,9-10H2,1H3. The molecular formula is C22H21NO5. The van der Waals surface area contributed by atoms with Crippen molar-refractivity contribution in [2.45, 2.75) is 19.4 Å². The SMILES string of the molecule is CC(C(=O)OCC(=O)c1ccccc1)N1C(=O)C2C3C=CC(C4CC34)C2C1=O. The lowest BCUT2D eigenvalue weighted by Gasteiger charge is -2.37. The molecule has 6 heteroatoms. The Hall–Kier alpha value is -2.76. The van der Waals surface area contributed by atoms with E-state index < -0.39 is 18.6 Å². The minimum absolute atomic E-state index is 0.115. The molecule has 6 rings (SSSR count). The number of allylic oxidation sites excluding steroid dienone is 2. The summed E-state index contributed by atoms with van der Waals surface area (Å²) in [4.78, 5) is 51.7. The number of hydrogen-bond acceptors (Lipinski definition) is 5. The van der Waals surface area contributed by atoms with Gasteiger partial charge in [-0.1, -0.05) is 42.5 Å². The van der Waals surface area contributed by atoms with Crippen LogP contribution in [0.15, 0.2) is 42.5 Å². The van der Waals surface area contributed by atoms with Crippen molar-refractivity contribution in [3.05, 3.63) is 48.0 Å². The number of benzene rings is 1. The molecular weight excluding hydrogens is 358 g/mol. The number of hydrogen-bond donors (Lipinski definition) is 0. The average Bonchev–Trinajstić information content (AvgIpc) is 3.50. The van der Waals surface area contributed by atoms with Gasteiger partial charge in [0.25, 0.3) is 0 Å². The maximum absolute atomic E-state index is 13.0. The predicted octanol–water partition coefficient (Wildman–Crippen LogP) is 1.85. The van der Waals surface area contributed by atoms with Crippen LogP contribution in [-0.2, 0) is 19.1 Å². The summed E-state index contributed by atoms with van der Waals surface area (Å²) in [6.07, 6.45) is 5.28. The molecule has 1 aromatic rings. The first-order valence-electron chi connectivity index (χ1n) is 9.79. The van der Waals surface area contributed by atoms with Gasteiger partial charge >= 0.3 is 5.97 Å². The van der Waals surface area contributed by atoms with Gasteiger partial charge in [0.2, 0.25) is 11.8 Å². The van der Waals surface area contributed by atoms with Crippen LogP contribution in [0.4, 0.5) is 0 Å². The molecule has 0 spiro atoms. The van der Waals surface area contributed by atoms with Crippen molar-refractivity contribution < 1.29 is 23.9 Å². The van der Waals surface area contributed by atoms with E-state index in [1.54, 1.807) is 30.3 Å². The zero-order valence-electron chi connectivity index (χ0n) is 15.5. The number of rotatable bonds is 5. The lowest BCUT2D eigenvalue weighted by molar-refractivity contribution is -0.157. The van der Waals surface area contributed by atoms with Crippen LogP contribution in [0.2, 0.25) is 0 Å². The number of amides is 2. The van der Waals surface area contributed by atoms with Crippen molar-refractivity contribution in [1.29, 1.82) is 0 Å². The fourth-order valence-corrected chi connectivity index (χ4v) is 5.43. The second-order valence-corrected chi connectivity index (χ2v) is 8.27. The minimum Gasteiger partial charge on any atom is -0.456 e. The van der Waals surface area contributed by atoms with Gasteiger partial charge in [0.15, 0.2) is 12.4 Å². The van der Waals surface area contributed by atoms with E-state index in [1.807, 2.05) is 0 Å². The summed E-state index contributed by atoms with van der Waals surface area (Å²) in [5, 5.41) is 0. The molecule has 0 N–H and O–H groups in total. The van der Waals surface area contributed by atoms with E-state index >= 15 is 0 Å². The van der Waals surface area contributed by atoms with Crippen LogP contribution in [-0.4, -0.2) is 41.1 Å². The van der Waals surface area contributed by atoms with Crippen LogP contribution in [0.3, 0.4) is 0 Å². The van der Waals surface area contributed by atoms with Crippen LogP contribution in [0.25, 0.3) is 0 Å². The van der Waals surface area contributed by atoms with E-state index in [2.05, 4.69) is 12.2 Å². The van der Waals surface area contributed by atoms with Gasteiger partial charge in [0, 0.05) is 5.56 Å². The van der Waals surface area contributed by atoms with Crippen molar-refractivity contribution in [3.63, 3.8) is 0 Å². The van der Waals surface area contributed by atoms with Crippen LogP contribution < -0.4 is 0 Å². The van der Waals surface area contributed by atoms with Crippen LogP contribution >= 0.6 is 0 Å². The number of ether oxygens (including phenoxy) is 1. The highest BCUT2D eigenvalue weighted by atomic mass is 16.5. The number of ketones is 1. The molecule has 7 atom stereocenters. The summed E-state index contributed by atoms with van der Waals surface area (Å²) in [6, 6.07) is 7.52. The second-order valence-electron chi connectivity index (χ2n) is 8.27. The first-order chi connectivity index (χ1) is 13.5. The summed E-state index contributed by atoms with van der Waals surface area (Å²) in [6.45, 7) is 1.09. The van der Waals surface area contributed by atoms with Gasteiger partial charge in [0.1, 0.15) is 6.04 Å². The monoisotopic (exact) mass is 379 g/mol. The number of carbonyl (C=O) groups is 4. The zero-order valence-corrected chi connectivity index (χ0v) is 15.5. The molecule has 2 bridgehead atoms. The van der Waals surface area contributed by atoms with E-state index in [1.165, 1.54) is 6.92 Å². The highest BCUT2D eigenvalue weighted by Gasteiger charge is 2.67. The molecule has 2 amide bonds. The molecule has 2 saturated carbocycles. The average molecular weight is 379 g/mol. The molecule has 1 aromatic carbocycles. The largest absolute Gasteiger partial charge is 0.456 e. The molecule has 28 heavy (non-hydrogen) atoms. The number of likely N-dealkylation sites (tertiary alicyclic amines) is 1. The number of nitrogens with zero attached hydrogens (tertiary/aromatic N) is 1. The summed E-state index contributed by atoms with van der Waals surface area (Å²) in [5.74, 6) is -1.01. The molecule has 4 aliphatic carbocycles. The maximum Gasteiger partial charge on any atom is 0.329 e. The molecule has 1 heterocycles. The minimum atomic E-state index is -1.02. The third-order valence-electron chi connectivity index (χ3n) is 6.87. The smallest absolute Gasteiger partial charge is 0.329 e. The van der Waals surface area contributed by atoms with Gasteiger partial charge in [-0.2, -0.15) is 0 Å². The lowest BCUT2D eigenvalue weighted by atomic mass is 9.63. The number of imide groups is 1. The van der Waals surface area contributed by atoms with Gasteiger partial charge in [-0.15, -0.1) is 0 Å². The lowest BCUT2D eigenvalue weighted by Crippen LogP contribution is -2.45. The van der Waals surface area contributed by atoms with E-state index in [4.69, 9.17) is 4.74 Å². The Balaban J connectivity index is 1.27. The molecule has 5 aliphatic rings. The third kappa shape index (κ3) is 2.40. The van der Waals surface area contributed by atoms with Crippen LogP contribution in [0, 0.1) is 35.5 Å². The maximum atomic E-state index is 13.0. The molecule has 1 saturated heterocycles. The van der Waals surface area contributed by atoms with Crippen molar-refractivity contribution in [2.75, 3.05) is 6.61 Å². The third-order valence-corrected chi connectivity index (χ3v) is 6.87. The number of esters is 1. The highest BCUT2D eigenvalue weighted by molar-refractivity contribution is 6.09. The first-order valence-corrected chi connectivity index (χ1v) is 9.79. The molecule has 3 fully saturated rings. The summed E-state index contributed by atoms with van der Waals surface area (Å²) in [5.41, 5.74) is 0.448. The van der Waals surface area contributed by atoms with Crippen molar-refractivity contribution in [3.8, 4) is 0 Å². The van der Waals surface area contributed by atoms with Gasteiger partial charge in [-0.05, 0) is 37.0 Å². The quantitative estimate of drug-likeness (QED) is 0.338. The second kappa shape index (κ2) is 6.12. The van der Waals surface area contributed by atoms with Gasteiger partial charge in [-0.3, -0.25) is 19.3 Å². The van der Waals surface area contributed by atoms with E-state index in [0.29, 0.717) is 17.4 Å². The van der Waals surface area contributed by atoms with Gasteiger partial charge < -0.3 is 4.74 Å². The van der Waals surface area contributed by atoms with Crippen LogP contribution in [0.1, 0.15) is 23.7 Å². The number of carbonyl (C=O) groups excluding carboxylic acids is 4. The number of Topliss-reactive ketones (excluding diaryl/α,β-unsaturated/α-hetero) is 1. The molecule has 1 aliphatic heterocycles. The van der Waals surface area contributed by atoms with E-state index in [-0.39, 0.29) is 41.3 Å². The molecule has 6 nitrogen and oxygen atoms in total. The fourth-order valence-electron chi connectivity index (χ4n) is 5.43. The van der Waals surface area contributed by atoms with Gasteiger partial charge in [-0.25, -0.2) is 4.79 Å². The predicted molar refractivity (Wildman–Crippen MR) is 97.7 cm³/mol. The van der Waals surface area contributed by atoms with Gasteiger partial charge in [0.05, 0.1) is 11.8 Å². The van der Waals surface area contributed by atoms with Crippen molar-refractivity contribution in [1.82, 2.24) is 4.90 Å². The highest BCUT2D eigenvalue weighted by Crippen LogP contribution is 2.65. The van der Waals surface area contributed by atoms with E-state index in [9.17, 15) is 19.2 Å². The zero-order chi connectivity index (χ0) is 19.6. The normalized spacial score (nSPS) is 35.4. The Morgan fingerprint density at radius 1 is 1.04 bits per heavy atom. The summed E-state index contributed by atoms with van der Waals surface area (Å²) >= 11 is 0. The Bertz CT molecular complexity index is 871. The molecule has 0 radical (unpaired) electrons. The topological polar surface area (TPSA) is 80.8 Å². The summed E-state index contributed by atoms with van der Waals surface area (Å²) in [7, 11) is 0. The summed E-state index contributed by atoms with van der Waals surface area (Å²) < 4.78 is 5.13. The fraction of sp³-hybridized carbons (Fsp3) is 0.455. The first kappa shape index (κ1) is 17.3.